The largest absolute Gasteiger partial charge is 0.491 e. The van der Waals surface area contributed by atoms with Crippen LogP contribution in [0.1, 0.15) is 103 Å². The lowest BCUT2D eigenvalue weighted by atomic mass is 9.85. The monoisotopic (exact) mass is 1010 g/mol. The zero-order valence-electron chi connectivity index (χ0n) is 36.9. The highest BCUT2D eigenvalue weighted by Gasteiger charge is 2.49. The van der Waals surface area contributed by atoms with Crippen molar-refractivity contribution < 1.29 is 46.9 Å². The van der Waals surface area contributed by atoms with Crippen molar-refractivity contribution in [1.82, 2.24) is 30.1 Å². The van der Waals surface area contributed by atoms with E-state index in [4.69, 9.17) is 19.2 Å². The normalized spacial score (nSPS) is 21.4. The number of rotatable bonds is 21. The third kappa shape index (κ3) is 13.0. The number of nitrogens with zero attached hydrogens (tertiary/aromatic N) is 3. The first kappa shape index (κ1) is 48.7. The Morgan fingerprint density at radius 2 is 1.78 bits per heavy atom. The van der Waals surface area contributed by atoms with Gasteiger partial charge in [-0.2, -0.15) is 0 Å². The molecule has 63 heavy (non-hydrogen) atoms. The molecule has 4 amide bonds. The maximum atomic E-state index is 14.5. The number of nitrogens with one attached hydrogen (secondary N) is 3. The second kappa shape index (κ2) is 21.5. The first-order valence-electron chi connectivity index (χ1n) is 22.5. The van der Waals surface area contributed by atoms with Gasteiger partial charge in [0.05, 0.1) is 36.1 Å². The van der Waals surface area contributed by atoms with Crippen LogP contribution in [0.2, 0.25) is 0 Å². The number of carboxylic acid groups (broad SMARTS) is 1. The summed E-state index contributed by atoms with van der Waals surface area (Å²) in [5.74, 6) is -0.521. The SMILES string of the molecule is C=CC[C@@](I)(NC(=O)[C@@H]1CC(Oc2nc3ccccc3c(OCCN3CCOCC3)c2CCCCCC2CCCC2)CN1C(=O)[C@@H](NC(=O)O)C(C)(C)C)C(=O)NS(=O)(=O)C1CC1. The van der Waals surface area contributed by atoms with Crippen LogP contribution >= 0.6 is 22.6 Å². The predicted molar refractivity (Wildman–Crippen MR) is 247 cm³/mol. The van der Waals surface area contributed by atoms with Crippen molar-refractivity contribution in [2.24, 2.45) is 11.3 Å². The number of fused-ring (bicyclic) bond motifs is 1. The molecule has 4 fully saturated rings. The number of hydrogen-bond donors (Lipinski definition) is 4. The molecule has 2 aliphatic carbocycles. The molecule has 2 aliphatic heterocycles. The maximum absolute atomic E-state index is 14.5. The number of carbonyl (C=O) groups excluding carboxylic acids is 3. The highest BCUT2D eigenvalue weighted by molar-refractivity contribution is 14.1. The van der Waals surface area contributed by atoms with Gasteiger partial charge in [0, 0.05) is 37.9 Å². The molecule has 3 heterocycles. The van der Waals surface area contributed by atoms with Gasteiger partial charge in [0.25, 0.3) is 5.91 Å². The van der Waals surface area contributed by atoms with Crippen LogP contribution in [0.4, 0.5) is 4.79 Å². The number of alkyl halides is 1. The zero-order valence-corrected chi connectivity index (χ0v) is 39.8. The van der Waals surface area contributed by atoms with Crippen LogP contribution in [0, 0.1) is 11.3 Å². The standard InChI is InChI=1S/C45H65IN6O10S/c1-5-21-45(46,42(55)50-63(58,59)32-19-20-32)49-39(53)36-28-31(29-52(36)41(54)38(44(2,3)4)48-43(56)57)62-40-34(17-8-6-7-13-30-14-9-10-15-30)37(33-16-11-12-18-35(33)47-40)61-27-24-51-22-25-60-26-23-51/h5,11-12,16,18,30-32,36,38,48H,1,6-10,13-15,17,19-29H2,2-4H3,(H,49,53)(H,50,55)(H,56,57)/t31?,36-,38+,45+/m0/s1. The minimum atomic E-state index is -3.96. The van der Waals surface area contributed by atoms with Crippen LogP contribution in [-0.2, 0) is 35.6 Å². The quantitative estimate of drug-likeness (QED) is 0.0391. The van der Waals surface area contributed by atoms with Crippen LogP contribution in [0.25, 0.3) is 10.9 Å². The molecule has 18 heteroatoms. The highest BCUT2D eigenvalue weighted by atomic mass is 127. The van der Waals surface area contributed by atoms with E-state index in [1.54, 1.807) is 43.4 Å². The number of carbonyl (C=O) groups is 4. The van der Waals surface area contributed by atoms with E-state index >= 15 is 0 Å². The van der Waals surface area contributed by atoms with Crippen molar-refractivity contribution in [3.8, 4) is 11.6 Å². The van der Waals surface area contributed by atoms with Crippen LogP contribution in [-0.4, -0.2) is 125 Å². The Balaban J connectivity index is 1.31. The number of para-hydroxylation sites is 1. The Hall–Kier alpha value is -3.75. The Bertz CT molecular complexity index is 2070. The van der Waals surface area contributed by atoms with Crippen LogP contribution in [0.5, 0.6) is 11.6 Å². The highest BCUT2D eigenvalue weighted by Crippen LogP contribution is 2.39. The van der Waals surface area contributed by atoms with Gasteiger partial charge in [0.1, 0.15) is 30.5 Å². The summed E-state index contributed by atoms with van der Waals surface area (Å²) in [6, 6.07) is 5.24. The minimum Gasteiger partial charge on any atom is -0.491 e. The molecule has 4 N–H and O–H groups in total. The van der Waals surface area contributed by atoms with Gasteiger partial charge in [0.15, 0.2) is 3.55 Å². The summed E-state index contributed by atoms with van der Waals surface area (Å²) in [6.07, 6.45) is 9.99. The van der Waals surface area contributed by atoms with Crippen LogP contribution in [0.15, 0.2) is 36.9 Å². The molecule has 348 valence electrons. The summed E-state index contributed by atoms with van der Waals surface area (Å²) in [4.78, 5) is 63.2. The third-order valence-electron chi connectivity index (χ3n) is 12.5. The number of amides is 4. The van der Waals surface area contributed by atoms with Gasteiger partial charge in [0.2, 0.25) is 27.7 Å². The Kier molecular flexibility index (Phi) is 16.6. The van der Waals surface area contributed by atoms with E-state index in [9.17, 15) is 32.7 Å². The average molecular weight is 1010 g/mol. The molecule has 6 rings (SSSR count). The van der Waals surface area contributed by atoms with Gasteiger partial charge in [-0.1, -0.05) is 83.9 Å². The fourth-order valence-electron chi connectivity index (χ4n) is 8.82. The Labute approximate surface area is 385 Å². The summed E-state index contributed by atoms with van der Waals surface area (Å²) < 4.78 is 45.0. The van der Waals surface area contributed by atoms with E-state index in [1.807, 2.05) is 24.3 Å². The lowest BCUT2D eigenvalue weighted by Crippen LogP contribution is -2.61. The molecule has 4 atom stereocenters. The second-order valence-electron chi connectivity index (χ2n) is 18.5. The molecule has 4 aliphatic rings. The molecule has 2 saturated heterocycles. The molecule has 1 aromatic heterocycles. The van der Waals surface area contributed by atoms with E-state index in [1.165, 1.54) is 43.1 Å². The third-order valence-corrected chi connectivity index (χ3v) is 15.5. The maximum Gasteiger partial charge on any atom is 0.405 e. The summed E-state index contributed by atoms with van der Waals surface area (Å²) in [6.45, 7) is 12.9. The molecular formula is C45H65IN6O10S. The fraction of sp³-hybridized carbons (Fsp3) is 0.667. The van der Waals surface area contributed by atoms with Crippen molar-refractivity contribution in [3.05, 3.63) is 42.5 Å². The lowest BCUT2D eigenvalue weighted by Gasteiger charge is -2.35. The number of pyridine rings is 1. The topological polar surface area (TPSA) is 206 Å². The van der Waals surface area contributed by atoms with E-state index in [0.717, 1.165) is 49.2 Å². The van der Waals surface area contributed by atoms with E-state index < -0.39 is 66.2 Å². The first-order valence-corrected chi connectivity index (χ1v) is 25.1. The summed E-state index contributed by atoms with van der Waals surface area (Å²) in [5.41, 5.74) is 0.553. The average Bonchev–Trinajstić information content (AvgIpc) is 3.83. The van der Waals surface area contributed by atoms with Crippen molar-refractivity contribution in [2.75, 3.05) is 46.0 Å². The number of halogens is 1. The first-order chi connectivity index (χ1) is 30.0. The predicted octanol–water partition coefficient (Wildman–Crippen LogP) is 5.70. The van der Waals surface area contributed by atoms with Crippen LogP contribution < -0.4 is 24.8 Å². The molecule has 16 nitrogen and oxygen atoms in total. The molecular weight excluding hydrogens is 943 g/mol. The van der Waals surface area contributed by atoms with E-state index in [-0.39, 0.29) is 19.4 Å². The smallest absolute Gasteiger partial charge is 0.405 e. The Morgan fingerprint density at radius 1 is 1.06 bits per heavy atom. The molecule has 0 spiro atoms. The number of morpholine rings is 1. The van der Waals surface area contributed by atoms with Crippen molar-refractivity contribution in [3.63, 3.8) is 0 Å². The summed E-state index contributed by atoms with van der Waals surface area (Å²) in [7, 11) is -3.96. The number of unbranched alkanes of at least 4 members (excludes halogenated alkanes) is 2. The number of ether oxygens (including phenoxy) is 3. The minimum absolute atomic E-state index is 0.0349. The van der Waals surface area contributed by atoms with Gasteiger partial charge < -0.3 is 34.9 Å². The summed E-state index contributed by atoms with van der Waals surface area (Å²) in [5, 5.41) is 15.0. The van der Waals surface area contributed by atoms with Crippen molar-refractivity contribution >= 4 is 67.3 Å². The zero-order chi connectivity index (χ0) is 45.4. The number of likely N-dealkylation sites (tertiary alicyclic amines) is 1. The van der Waals surface area contributed by atoms with E-state index in [0.29, 0.717) is 62.8 Å². The molecule has 2 saturated carbocycles. The van der Waals surface area contributed by atoms with Gasteiger partial charge in [-0.25, -0.2) is 18.2 Å². The van der Waals surface area contributed by atoms with Gasteiger partial charge >= 0.3 is 6.09 Å². The van der Waals surface area contributed by atoms with Gasteiger partial charge in [-0.15, -0.1) is 6.58 Å². The lowest BCUT2D eigenvalue weighted by molar-refractivity contribution is -0.142. The molecule has 0 radical (unpaired) electrons. The van der Waals surface area contributed by atoms with Gasteiger partial charge in [-0.3, -0.25) is 24.0 Å². The summed E-state index contributed by atoms with van der Waals surface area (Å²) >= 11 is 1.71. The number of sulfonamides is 1. The molecule has 2 aromatic rings. The van der Waals surface area contributed by atoms with Crippen molar-refractivity contribution in [2.45, 2.75) is 131 Å². The van der Waals surface area contributed by atoms with Crippen molar-refractivity contribution in [1.29, 1.82) is 0 Å². The molecule has 1 unspecified atom stereocenters. The number of hydrogen-bond acceptors (Lipinski definition) is 11. The fourth-order valence-corrected chi connectivity index (χ4v) is 11.1. The molecule has 0 bridgehead atoms. The molecule has 1 aromatic carbocycles. The van der Waals surface area contributed by atoms with E-state index in [2.05, 4.69) is 26.8 Å². The number of aromatic nitrogens is 1. The number of benzene rings is 1. The van der Waals surface area contributed by atoms with Crippen LogP contribution in [0.3, 0.4) is 0 Å². The second-order valence-corrected chi connectivity index (χ2v) is 22.3. The van der Waals surface area contributed by atoms with Gasteiger partial charge in [-0.05, 0) is 71.7 Å². The Morgan fingerprint density at radius 3 is 2.44 bits per heavy atom.